The standard InChI is InChI=1S/C29H29NS2/c1-18-12-19(2)15-22(14-18)24-8-7-9-25(23-16-20(3)13-21(4)17-23)28(24)30-26-10-5-6-11-27(26)32-29(30)31/h7-9,12-17H,5-6,10-11H2,1-4H3. The van der Waals surface area contributed by atoms with E-state index in [1.165, 1.54) is 73.6 Å². The van der Waals surface area contributed by atoms with Gasteiger partial charge in [-0.3, -0.25) is 4.57 Å². The van der Waals surface area contributed by atoms with Gasteiger partial charge in [-0.2, -0.15) is 0 Å². The molecular formula is C29H29NS2. The molecule has 0 amide bonds. The summed E-state index contributed by atoms with van der Waals surface area (Å²) >= 11 is 7.82. The molecule has 162 valence electrons. The minimum atomic E-state index is 0.972. The van der Waals surface area contributed by atoms with Gasteiger partial charge in [-0.05, 0) is 76.7 Å². The van der Waals surface area contributed by atoms with Crippen molar-refractivity contribution < 1.29 is 0 Å². The van der Waals surface area contributed by atoms with E-state index in [1.807, 2.05) is 11.3 Å². The summed E-state index contributed by atoms with van der Waals surface area (Å²) in [5.41, 5.74) is 12.9. The molecule has 0 spiro atoms. The lowest BCUT2D eigenvalue weighted by Gasteiger charge is -2.21. The summed E-state index contributed by atoms with van der Waals surface area (Å²) in [6.45, 7) is 8.73. The van der Waals surface area contributed by atoms with Crippen LogP contribution in [0.3, 0.4) is 0 Å². The highest BCUT2D eigenvalue weighted by atomic mass is 32.1. The van der Waals surface area contributed by atoms with Crippen LogP contribution in [0.5, 0.6) is 0 Å². The van der Waals surface area contributed by atoms with Gasteiger partial charge in [0.15, 0.2) is 3.95 Å². The Bertz CT molecular complexity index is 1280. The predicted octanol–water partition coefficient (Wildman–Crippen LogP) is 8.71. The number of rotatable bonds is 3. The monoisotopic (exact) mass is 455 g/mol. The first-order valence-corrected chi connectivity index (χ1v) is 12.7. The maximum Gasteiger partial charge on any atom is 0.166 e. The molecule has 0 saturated carbocycles. The van der Waals surface area contributed by atoms with Gasteiger partial charge in [0.05, 0.1) is 5.69 Å². The van der Waals surface area contributed by atoms with Gasteiger partial charge in [0.1, 0.15) is 0 Å². The van der Waals surface area contributed by atoms with E-state index in [0.717, 1.165) is 16.8 Å². The second-order valence-corrected chi connectivity index (χ2v) is 11.0. The molecule has 0 fully saturated rings. The minimum absolute atomic E-state index is 0.972. The van der Waals surface area contributed by atoms with E-state index in [9.17, 15) is 0 Å². The number of fused-ring (bicyclic) bond motifs is 1. The topological polar surface area (TPSA) is 4.93 Å². The van der Waals surface area contributed by atoms with Crippen LogP contribution in [0.4, 0.5) is 0 Å². The van der Waals surface area contributed by atoms with Gasteiger partial charge in [0.2, 0.25) is 0 Å². The van der Waals surface area contributed by atoms with Crippen molar-refractivity contribution >= 4 is 23.6 Å². The Morgan fingerprint density at radius 1 is 0.719 bits per heavy atom. The molecule has 1 aliphatic carbocycles. The normalized spacial score (nSPS) is 13.2. The fraction of sp³-hybridized carbons (Fsp3) is 0.276. The molecule has 0 bridgehead atoms. The van der Waals surface area contributed by atoms with Crippen molar-refractivity contribution in [2.75, 3.05) is 0 Å². The molecule has 0 atom stereocenters. The van der Waals surface area contributed by atoms with Gasteiger partial charge in [-0.15, -0.1) is 11.3 Å². The lowest BCUT2D eigenvalue weighted by atomic mass is 9.92. The highest BCUT2D eigenvalue weighted by Gasteiger charge is 2.22. The smallest absolute Gasteiger partial charge is 0.166 e. The summed E-state index contributed by atoms with van der Waals surface area (Å²) in [5.74, 6) is 0. The van der Waals surface area contributed by atoms with Crippen LogP contribution in [-0.4, -0.2) is 4.57 Å². The van der Waals surface area contributed by atoms with Crippen LogP contribution in [0.1, 0.15) is 45.7 Å². The molecular weight excluding hydrogens is 426 g/mol. The zero-order chi connectivity index (χ0) is 22.4. The SMILES string of the molecule is Cc1cc(C)cc(-c2cccc(-c3cc(C)cc(C)c3)c2-n2c3c(sc2=S)CCCC3)c1. The molecule has 0 N–H and O–H groups in total. The van der Waals surface area contributed by atoms with E-state index in [0.29, 0.717) is 0 Å². The van der Waals surface area contributed by atoms with Crippen LogP contribution in [0.25, 0.3) is 27.9 Å². The van der Waals surface area contributed by atoms with E-state index < -0.39 is 0 Å². The Morgan fingerprint density at radius 3 is 1.75 bits per heavy atom. The molecule has 0 unspecified atom stereocenters. The first kappa shape index (κ1) is 21.4. The average molecular weight is 456 g/mol. The van der Waals surface area contributed by atoms with Crippen molar-refractivity contribution in [3.05, 3.63) is 91.4 Å². The number of aromatic nitrogens is 1. The summed E-state index contributed by atoms with van der Waals surface area (Å²) in [7, 11) is 0. The second kappa shape index (κ2) is 8.46. The molecule has 0 radical (unpaired) electrons. The van der Waals surface area contributed by atoms with E-state index in [-0.39, 0.29) is 0 Å². The second-order valence-electron chi connectivity index (χ2n) is 9.23. The minimum Gasteiger partial charge on any atom is -0.294 e. The highest BCUT2D eigenvalue weighted by Crippen LogP contribution is 2.40. The molecule has 0 aliphatic heterocycles. The van der Waals surface area contributed by atoms with Crippen LogP contribution in [0.2, 0.25) is 0 Å². The number of nitrogens with zero attached hydrogens (tertiary/aromatic N) is 1. The number of hydrogen-bond donors (Lipinski definition) is 0. The number of thiazole rings is 1. The molecule has 3 heteroatoms. The molecule has 3 aromatic carbocycles. The fourth-order valence-corrected chi connectivity index (χ4v) is 6.77. The Balaban J connectivity index is 1.88. The Hall–Kier alpha value is -2.49. The number of hydrogen-bond acceptors (Lipinski definition) is 2. The van der Waals surface area contributed by atoms with E-state index in [4.69, 9.17) is 12.2 Å². The average Bonchev–Trinajstić information content (AvgIpc) is 3.07. The van der Waals surface area contributed by atoms with Crippen molar-refractivity contribution in [3.8, 4) is 27.9 Å². The summed E-state index contributed by atoms with van der Waals surface area (Å²) in [5, 5.41) is 0. The third-order valence-electron chi connectivity index (χ3n) is 6.38. The summed E-state index contributed by atoms with van der Waals surface area (Å²) < 4.78 is 3.38. The maximum atomic E-state index is 6.01. The van der Waals surface area contributed by atoms with Crippen molar-refractivity contribution in [2.45, 2.75) is 53.4 Å². The first-order valence-electron chi connectivity index (χ1n) is 11.4. The first-order chi connectivity index (χ1) is 15.4. The van der Waals surface area contributed by atoms with Crippen molar-refractivity contribution in [1.29, 1.82) is 0 Å². The largest absolute Gasteiger partial charge is 0.294 e. The fourth-order valence-electron chi connectivity index (χ4n) is 5.21. The third kappa shape index (κ3) is 3.89. The summed E-state index contributed by atoms with van der Waals surface area (Å²) in [4.78, 5) is 1.47. The molecule has 1 aromatic heterocycles. The number of aryl methyl sites for hydroxylation is 5. The number of benzene rings is 3. The Labute approximate surface area is 200 Å². The van der Waals surface area contributed by atoms with Gasteiger partial charge in [-0.25, -0.2) is 0 Å². The molecule has 1 nitrogen and oxygen atoms in total. The molecule has 5 rings (SSSR count). The predicted molar refractivity (Wildman–Crippen MR) is 141 cm³/mol. The zero-order valence-electron chi connectivity index (χ0n) is 19.3. The van der Waals surface area contributed by atoms with Crippen LogP contribution < -0.4 is 0 Å². The lowest BCUT2D eigenvalue weighted by Crippen LogP contribution is -2.09. The van der Waals surface area contributed by atoms with Gasteiger partial charge in [-0.1, -0.05) is 76.9 Å². The maximum absolute atomic E-state index is 6.01. The van der Waals surface area contributed by atoms with Gasteiger partial charge in [0, 0.05) is 21.7 Å². The quantitative estimate of drug-likeness (QED) is 0.280. The van der Waals surface area contributed by atoms with E-state index >= 15 is 0 Å². The summed E-state index contributed by atoms with van der Waals surface area (Å²) in [6, 6.07) is 20.4. The van der Waals surface area contributed by atoms with Gasteiger partial charge < -0.3 is 0 Å². The van der Waals surface area contributed by atoms with Crippen molar-refractivity contribution in [1.82, 2.24) is 4.57 Å². The van der Waals surface area contributed by atoms with Crippen LogP contribution >= 0.6 is 23.6 Å². The molecule has 4 aromatic rings. The molecule has 0 saturated heterocycles. The van der Waals surface area contributed by atoms with Crippen LogP contribution in [-0.2, 0) is 12.8 Å². The molecule has 1 heterocycles. The van der Waals surface area contributed by atoms with Crippen LogP contribution in [0.15, 0.2) is 54.6 Å². The van der Waals surface area contributed by atoms with Gasteiger partial charge in [0.25, 0.3) is 0 Å². The summed E-state index contributed by atoms with van der Waals surface area (Å²) in [6.07, 6.45) is 4.77. The number of para-hydroxylation sites is 1. The van der Waals surface area contributed by atoms with Crippen molar-refractivity contribution in [3.63, 3.8) is 0 Å². The molecule has 32 heavy (non-hydrogen) atoms. The Kier molecular flexibility index (Phi) is 5.65. The lowest BCUT2D eigenvalue weighted by molar-refractivity contribution is 0.666. The van der Waals surface area contributed by atoms with E-state index in [2.05, 4.69) is 86.9 Å². The third-order valence-corrected chi connectivity index (χ3v) is 7.85. The van der Waals surface area contributed by atoms with E-state index in [1.54, 1.807) is 0 Å². The molecule has 1 aliphatic rings. The van der Waals surface area contributed by atoms with Gasteiger partial charge >= 0.3 is 0 Å². The van der Waals surface area contributed by atoms with Crippen LogP contribution in [0, 0.1) is 31.6 Å². The zero-order valence-corrected chi connectivity index (χ0v) is 20.9. The Morgan fingerprint density at radius 2 is 1.22 bits per heavy atom. The van der Waals surface area contributed by atoms with Crippen molar-refractivity contribution in [2.24, 2.45) is 0 Å². The highest BCUT2D eigenvalue weighted by molar-refractivity contribution is 7.73.